The zero-order valence-corrected chi connectivity index (χ0v) is 14.8. The van der Waals surface area contributed by atoms with Crippen LogP contribution in [0, 0.1) is 5.92 Å². The Hall–Kier alpha value is -1.57. The van der Waals surface area contributed by atoms with E-state index in [0.717, 1.165) is 31.1 Å². The molecule has 0 spiro atoms. The first-order valence-corrected chi connectivity index (χ1v) is 8.94. The molecule has 0 bridgehead atoms. The second-order valence-electron chi connectivity index (χ2n) is 7.31. The molecule has 1 aromatic rings. The van der Waals surface area contributed by atoms with Crippen molar-refractivity contribution in [2.75, 3.05) is 49.1 Å². The van der Waals surface area contributed by atoms with Gasteiger partial charge in [-0.1, -0.05) is 6.92 Å². The predicted octanol–water partition coefficient (Wildman–Crippen LogP) is 2.79. The van der Waals surface area contributed by atoms with Crippen molar-refractivity contribution >= 4 is 11.6 Å². The Balaban J connectivity index is 1.66. The van der Waals surface area contributed by atoms with Crippen LogP contribution in [0.2, 0.25) is 0 Å². The number of piperidine rings is 1. The summed E-state index contributed by atoms with van der Waals surface area (Å²) in [7, 11) is 0. The fourth-order valence-corrected chi connectivity index (χ4v) is 3.75. The normalized spacial score (nSPS) is 26.1. The van der Waals surface area contributed by atoms with Gasteiger partial charge in [-0.15, -0.1) is 0 Å². The highest BCUT2D eigenvalue weighted by molar-refractivity contribution is 5.50. The zero-order valence-electron chi connectivity index (χ0n) is 14.8. The summed E-state index contributed by atoms with van der Waals surface area (Å²) in [5, 5.41) is 0. The van der Waals surface area contributed by atoms with Gasteiger partial charge in [0, 0.05) is 44.8 Å². The van der Waals surface area contributed by atoms with Gasteiger partial charge in [-0.3, -0.25) is 4.90 Å². The number of nitrogens with zero attached hydrogens (tertiary/aromatic N) is 5. The molecule has 0 saturated carbocycles. The van der Waals surface area contributed by atoms with Gasteiger partial charge >= 0.3 is 6.18 Å². The Morgan fingerprint density at radius 2 is 1.72 bits per heavy atom. The molecule has 25 heavy (non-hydrogen) atoms. The summed E-state index contributed by atoms with van der Waals surface area (Å²) in [5.41, 5.74) is 0. The topological polar surface area (TPSA) is 35.5 Å². The maximum Gasteiger partial charge on any atom is 0.401 e. The molecule has 3 heterocycles. The second-order valence-corrected chi connectivity index (χ2v) is 7.31. The molecule has 1 aromatic heterocycles. The van der Waals surface area contributed by atoms with Crippen LogP contribution in [-0.2, 0) is 0 Å². The van der Waals surface area contributed by atoms with E-state index in [1.807, 2.05) is 13.0 Å². The van der Waals surface area contributed by atoms with Gasteiger partial charge in [-0.2, -0.15) is 13.2 Å². The molecular formula is C17H26F3N5. The molecule has 5 nitrogen and oxygen atoms in total. The number of piperazine rings is 1. The molecule has 2 aliphatic heterocycles. The summed E-state index contributed by atoms with van der Waals surface area (Å²) in [4.78, 5) is 14.6. The van der Waals surface area contributed by atoms with Crippen LogP contribution in [0.25, 0.3) is 0 Å². The van der Waals surface area contributed by atoms with E-state index in [2.05, 4.69) is 26.7 Å². The van der Waals surface area contributed by atoms with Crippen molar-refractivity contribution in [2.24, 2.45) is 5.92 Å². The fraction of sp³-hybridized carbons (Fsp3) is 0.765. The Labute approximate surface area is 146 Å². The Kier molecular flexibility index (Phi) is 5.36. The fourth-order valence-electron chi connectivity index (χ4n) is 3.75. The van der Waals surface area contributed by atoms with Crippen LogP contribution < -0.4 is 9.80 Å². The van der Waals surface area contributed by atoms with Gasteiger partial charge in [-0.05, 0) is 25.7 Å². The van der Waals surface area contributed by atoms with E-state index in [1.54, 1.807) is 6.33 Å². The monoisotopic (exact) mass is 357 g/mol. The molecule has 0 aromatic carbocycles. The van der Waals surface area contributed by atoms with Crippen LogP contribution in [-0.4, -0.2) is 66.4 Å². The van der Waals surface area contributed by atoms with Gasteiger partial charge in [0.25, 0.3) is 0 Å². The lowest BCUT2D eigenvalue weighted by atomic mass is 10.0. The van der Waals surface area contributed by atoms with Crippen LogP contribution in [0.3, 0.4) is 0 Å². The maximum absolute atomic E-state index is 12.6. The molecule has 0 amide bonds. The van der Waals surface area contributed by atoms with Crippen LogP contribution in [0.15, 0.2) is 12.4 Å². The number of anilines is 2. The standard InChI is InChI=1S/C17H26F3N5/c1-13-4-3-5-23(9-13)15-8-16(22-12-21-15)24-6-7-25(14(2)10-24)11-17(18,19)20/h8,12-14H,3-7,9-11H2,1-2H3. The molecule has 0 aliphatic carbocycles. The van der Waals surface area contributed by atoms with Crippen molar-refractivity contribution in [3.63, 3.8) is 0 Å². The van der Waals surface area contributed by atoms with Crippen molar-refractivity contribution < 1.29 is 13.2 Å². The lowest BCUT2D eigenvalue weighted by Gasteiger charge is -2.40. The van der Waals surface area contributed by atoms with E-state index >= 15 is 0 Å². The summed E-state index contributed by atoms with van der Waals surface area (Å²) in [5.74, 6) is 2.38. The first kappa shape index (κ1) is 18.2. The smallest absolute Gasteiger partial charge is 0.356 e. The molecule has 2 aliphatic rings. The molecule has 2 atom stereocenters. The van der Waals surface area contributed by atoms with Gasteiger partial charge in [0.2, 0.25) is 0 Å². The molecule has 140 valence electrons. The minimum absolute atomic E-state index is 0.163. The summed E-state index contributed by atoms with van der Waals surface area (Å²) in [6, 6.07) is 1.81. The number of hydrogen-bond acceptors (Lipinski definition) is 5. The van der Waals surface area contributed by atoms with E-state index < -0.39 is 12.7 Å². The van der Waals surface area contributed by atoms with Crippen LogP contribution >= 0.6 is 0 Å². The van der Waals surface area contributed by atoms with Gasteiger partial charge in [0.15, 0.2) is 0 Å². The average Bonchev–Trinajstić information content (AvgIpc) is 2.56. The first-order valence-electron chi connectivity index (χ1n) is 8.94. The number of halogens is 3. The van der Waals surface area contributed by atoms with Crippen molar-refractivity contribution in [3.05, 3.63) is 12.4 Å². The second kappa shape index (κ2) is 7.35. The Bertz CT molecular complexity index is 580. The van der Waals surface area contributed by atoms with Crippen molar-refractivity contribution in [1.29, 1.82) is 0 Å². The predicted molar refractivity (Wildman–Crippen MR) is 91.9 cm³/mol. The van der Waals surface area contributed by atoms with Gasteiger partial charge in [0.05, 0.1) is 6.54 Å². The average molecular weight is 357 g/mol. The maximum atomic E-state index is 12.6. The lowest BCUT2D eigenvalue weighted by Crippen LogP contribution is -2.54. The van der Waals surface area contributed by atoms with Gasteiger partial charge in [0.1, 0.15) is 18.0 Å². The highest BCUT2D eigenvalue weighted by Crippen LogP contribution is 2.26. The lowest BCUT2D eigenvalue weighted by molar-refractivity contribution is -0.150. The number of rotatable bonds is 3. The van der Waals surface area contributed by atoms with E-state index in [1.165, 1.54) is 11.3 Å². The summed E-state index contributed by atoms with van der Waals surface area (Å²) >= 11 is 0. The molecule has 0 radical (unpaired) electrons. The Morgan fingerprint density at radius 1 is 1.04 bits per heavy atom. The Morgan fingerprint density at radius 3 is 2.32 bits per heavy atom. The van der Waals surface area contributed by atoms with Crippen LogP contribution in [0.1, 0.15) is 26.7 Å². The number of aromatic nitrogens is 2. The van der Waals surface area contributed by atoms with Crippen molar-refractivity contribution in [1.82, 2.24) is 14.9 Å². The van der Waals surface area contributed by atoms with E-state index in [0.29, 0.717) is 25.6 Å². The number of hydrogen-bond donors (Lipinski definition) is 0. The third-order valence-corrected chi connectivity index (χ3v) is 5.09. The van der Waals surface area contributed by atoms with Crippen LogP contribution in [0.5, 0.6) is 0 Å². The van der Waals surface area contributed by atoms with E-state index in [9.17, 15) is 13.2 Å². The largest absolute Gasteiger partial charge is 0.401 e. The number of alkyl halides is 3. The van der Waals surface area contributed by atoms with Crippen LogP contribution in [0.4, 0.5) is 24.8 Å². The third kappa shape index (κ3) is 4.74. The van der Waals surface area contributed by atoms with E-state index in [-0.39, 0.29) is 6.04 Å². The van der Waals surface area contributed by atoms with Gasteiger partial charge < -0.3 is 9.80 Å². The summed E-state index contributed by atoms with van der Waals surface area (Å²) in [6.07, 6.45) is -0.180. The first-order chi connectivity index (χ1) is 11.8. The molecule has 8 heteroatoms. The summed E-state index contributed by atoms with van der Waals surface area (Å²) < 4.78 is 37.9. The molecule has 0 N–H and O–H groups in total. The SMILES string of the molecule is CC1CCCN(c2cc(N3CCN(CC(F)(F)F)C(C)C3)ncn2)C1. The summed E-state index contributed by atoms with van der Waals surface area (Å²) in [6.45, 7) is 6.71. The molecular weight excluding hydrogens is 331 g/mol. The van der Waals surface area contributed by atoms with Crippen molar-refractivity contribution in [3.8, 4) is 0 Å². The highest BCUT2D eigenvalue weighted by atomic mass is 19.4. The zero-order chi connectivity index (χ0) is 18.0. The van der Waals surface area contributed by atoms with Crippen molar-refractivity contribution in [2.45, 2.75) is 38.9 Å². The third-order valence-electron chi connectivity index (χ3n) is 5.09. The highest BCUT2D eigenvalue weighted by Gasteiger charge is 2.35. The quantitative estimate of drug-likeness (QED) is 0.831. The molecule has 3 rings (SSSR count). The molecule has 2 fully saturated rings. The molecule has 2 saturated heterocycles. The molecule has 2 unspecified atom stereocenters. The van der Waals surface area contributed by atoms with E-state index in [4.69, 9.17) is 0 Å². The minimum atomic E-state index is -4.15. The minimum Gasteiger partial charge on any atom is -0.356 e. The van der Waals surface area contributed by atoms with Gasteiger partial charge in [-0.25, -0.2) is 9.97 Å².